The number of nitrogens with one attached hydrogen (secondary N) is 1. The van der Waals surface area contributed by atoms with Crippen molar-refractivity contribution in [2.45, 2.75) is 6.92 Å². The molecule has 2 N–H and O–H groups in total. The maximum absolute atomic E-state index is 10.2. The van der Waals surface area contributed by atoms with E-state index in [0.717, 1.165) is 38.8 Å². The minimum absolute atomic E-state index is 0.232. The third-order valence-corrected chi connectivity index (χ3v) is 3.75. The highest BCUT2D eigenvalue weighted by Crippen LogP contribution is 2.35. The largest absolute Gasteiger partial charge is 0.507 e. The number of para-hydroxylation sites is 1. The van der Waals surface area contributed by atoms with Gasteiger partial charge < -0.3 is 5.11 Å². The number of fused-ring (bicyclic) bond motifs is 3. The summed E-state index contributed by atoms with van der Waals surface area (Å²) in [5, 5.41) is 19.5. The quantitative estimate of drug-likeness (QED) is 0.555. The van der Waals surface area contributed by atoms with Gasteiger partial charge in [0.2, 0.25) is 0 Å². The van der Waals surface area contributed by atoms with Crippen LogP contribution in [0.3, 0.4) is 0 Å². The summed E-state index contributed by atoms with van der Waals surface area (Å²) in [6.45, 7) is 1.93. The van der Waals surface area contributed by atoms with Crippen LogP contribution < -0.4 is 0 Å². The Kier molecular flexibility index (Phi) is 2.44. The Hall–Kier alpha value is -2.88. The number of aromatic amines is 1. The van der Waals surface area contributed by atoms with Gasteiger partial charge in [-0.3, -0.25) is 5.10 Å². The van der Waals surface area contributed by atoms with Crippen LogP contribution in [0.25, 0.3) is 33.1 Å². The molecule has 0 atom stereocenters. The van der Waals surface area contributed by atoms with Gasteiger partial charge in [0.05, 0.1) is 16.9 Å². The molecule has 0 radical (unpaired) electrons. The fourth-order valence-corrected chi connectivity index (χ4v) is 2.71. The molecular formula is C17H13N3O. The minimum atomic E-state index is 0.232. The Morgan fingerprint density at radius 2 is 1.67 bits per heavy atom. The normalized spacial score (nSPS) is 11.3. The molecule has 0 spiro atoms. The molecule has 2 aromatic carbocycles. The predicted octanol–water partition coefficient (Wildman–Crippen LogP) is 3.79. The van der Waals surface area contributed by atoms with Crippen molar-refractivity contribution in [2.75, 3.05) is 0 Å². The Morgan fingerprint density at radius 1 is 0.952 bits per heavy atom. The van der Waals surface area contributed by atoms with E-state index < -0.39 is 0 Å². The molecule has 0 aliphatic heterocycles. The number of aryl methyl sites for hydroxylation is 1. The van der Waals surface area contributed by atoms with Gasteiger partial charge in [0.25, 0.3) is 0 Å². The first-order chi connectivity index (χ1) is 10.3. The van der Waals surface area contributed by atoms with Crippen molar-refractivity contribution >= 4 is 21.8 Å². The van der Waals surface area contributed by atoms with Crippen molar-refractivity contribution in [2.24, 2.45) is 0 Å². The maximum atomic E-state index is 10.2. The van der Waals surface area contributed by atoms with E-state index in [0.29, 0.717) is 0 Å². The van der Waals surface area contributed by atoms with Crippen molar-refractivity contribution < 1.29 is 5.11 Å². The first-order valence-electron chi connectivity index (χ1n) is 6.77. The number of hydrogen-bond acceptors (Lipinski definition) is 3. The number of aromatic nitrogens is 3. The second-order valence-electron chi connectivity index (χ2n) is 5.06. The molecule has 4 aromatic rings. The second kappa shape index (κ2) is 4.31. The van der Waals surface area contributed by atoms with Crippen LogP contribution in [-0.4, -0.2) is 20.3 Å². The molecule has 4 rings (SSSR count). The SMILES string of the molecule is Cc1n[nH]c2c1nc(-c1ccccc1O)c1ccccc12. The van der Waals surface area contributed by atoms with Gasteiger partial charge in [-0.15, -0.1) is 0 Å². The number of hydrogen-bond donors (Lipinski definition) is 2. The maximum Gasteiger partial charge on any atom is 0.124 e. The first kappa shape index (κ1) is 11.9. The van der Waals surface area contributed by atoms with E-state index in [4.69, 9.17) is 4.98 Å². The van der Waals surface area contributed by atoms with Crippen molar-refractivity contribution in [3.05, 3.63) is 54.2 Å². The summed E-state index contributed by atoms with van der Waals surface area (Å²) in [5.41, 5.74) is 4.14. The van der Waals surface area contributed by atoms with E-state index in [-0.39, 0.29) is 5.75 Å². The van der Waals surface area contributed by atoms with E-state index in [9.17, 15) is 5.11 Å². The zero-order valence-electron chi connectivity index (χ0n) is 11.5. The van der Waals surface area contributed by atoms with E-state index in [1.807, 2.05) is 49.4 Å². The van der Waals surface area contributed by atoms with Crippen molar-refractivity contribution in [1.29, 1.82) is 0 Å². The molecule has 0 saturated heterocycles. The lowest BCUT2D eigenvalue weighted by Crippen LogP contribution is -1.89. The van der Waals surface area contributed by atoms with Gasteiger partial charge >= 0.3 is 0 Å². The number of pyridine rings is 1. The van der Waals surface area contributed by atoms with Crippen LogP contribution in [0, 0.1) is 6.92 Å². The predicted molar refractivity (Wildman–Crippen MR) is 83.2 cm³/mol. The summed E-state index contributed by atoms with van der Waals surface area (Å²) in [7, 11) is 0. The van der Waals surface area contributed by atoms with Crippen LogP contribution in [0.4, 0.5) is 0 Å². The summed E-state index contributed by atoms with van der Waals surface area (Å²) in [6, 6.07) is 15.3. The average molecular weight is 275 g/mol. The summed E-state index contributed by atoms with van der Waals surface area (Å²) in [4.78, 5) is 4.74. The first-order valence-corrected chi connectivity index (χ1v) is 6.77. The standard InChI is InChI=1S/C17H13N3O/c1-10-15-17(20-19-10)12-7-3-2-6-11(12)16(18-15)13-8-4-5-9-14(13)21/h2-9,21H,1H3,(H,19,20). The molecule has 0 aliphatic rings. The van der Waals surface area contributed by atoms with E-state index in [1.165, 1.54) is 0 Å². The van der Waals surface area contributed by atoms with Crippen LogP contribution in [-0.2, 0) is 0 Å². The highest BCUT2D eigenvalue weighted by Gasteiger charge is 2.15. The number of benzene rings is 2. The Balaban J connectivity index is 2.21. The number of rotatable bonds is 1. The van der Waals surface area contributed by atoms with Crippen LogP contribution in [0.2, 0.25) is 0 Å². The Morgan fingerprint density at radius 3 is 2.48 bits per heavy atom. The molecule has 21 heavy (non-hydrogen) atoms. The average Bonchev–Trinajstić information content (AvgIpc) is 2.89. The third kappa shape index (κ3) is 1.69. The fourth-order valence-electron chi connectivity index (χ4n) is 2.71. The number of phenols is 1. The number of aromatic hydroxyl groups is 1. The molecule has 0 aliphatic carbocycles. The third-order valence-electron chi connectivity index (χ3n) is 3.75. The number of H-pyrrole nitrogens is 1. The van der Waals surface area contributed by atoms with Crippen molar-refractivity contribution in [3.8, 4) is 17.0 Å². The van der Waals surface area contributed by atoms with Gasteiger partial charge in [-0.2, -0.15) is 5.10 Å². The Labute approximate surface area is 121 Å². The summed E-state index contributed by atoms with van der Waals surface area (Å²) >= 11 is 0. The Bertz CT molecular complexity index is 972. The molecule has 0 unspecified atom stereocenters. The van der Waals surface area contributed by atoms with E-state index in [1.54, 1.807) is 6.07 Å². The van der Waals surface area contributed by atoms with Gasteiger partial charge in [0, 0.05) is 16.3 Å². The molecule has 4 nitrogen and oxygen atoms in total. The van der Waals surface area contributed by atoms with Gasteiger partial charge in [-0.1, -0.05) is 36.4 Å². The smallest absolute Gasteiger partial charge is 0.124 e. The molecular weight excluding hydrogens is 262 g/mol. The zero-order valence-corrected chi connectivity index (χ0v) is 11.5. The van der Waals surface area contributed by atoms with Crippen molar-refractivity contribution in [3.63, 3.8) is 0 Å². The highest BCUT2D eigenvalue weighted by molar-refractivity contribution is 6.10. The summed E-state index contributed by atoms with van der Waals surface area (Å²) in [5.74, 6) is 0.232. The van der Waals surface area contributed by atoms with Gasteiger partial charge in [-0.05, 0) is 19.1 Å². The van der Waals surface area contributed by atoms with Gasteiger partial charge in [0.15, 0.2) is 0 Å². The lowest BCUT2D eigenvalue weighted by Gasteiger charge is -2.09. The van der Waals surface area contributed by atoms with E-state index in [2.05, 4.69) is 10.2 Å². The molecule has 0 fully saturated rings. The van der Waals surface area contributed by atoms with E-state index >= 15 is 0 Å². The number of nitrogens with zero attached hydrogens (tertiary/aromatic N) is 2. The monoisotopic (exact) mass is 275 g/mol. The van der Waals surface area contributed by atoms with Crippen molar-refractivity contribution in [1.82, 2.24) is 15.2 Å². The number of phenolic OH excluding ortho intramolecular Hbond substituents is 1. The lowest BCUT2D eigenvalue weighted by molar-refractivity contribution is 0.477. The van der Waals surface area contributed by atoms with Crippen LogP contribution >= 0.6 is 0 Å². The van der Waals surface area contributed by atoms with Crippen LogP contribution in [0.15, 0.2) is 48.5 Å². The molecule has 4 heteroatoms. The second-order valence-corrected chi connectivity index (χ2v) is 5.06. The minimum Gasteiger partial charge on any atom is -0.507 e. The molecule has 0 bridgehead atoms. The van der Waals surface area contributed by atoms with Crippen LogP contribution in [0.5, 0.6) is 5.75 Å². The zero-order chi connectivity index (χ0) is 14.4. The summed E-state index contributed by atoms with van der Waals surface area (Å²) < 4.78 is 0. The van der Waals surface area contributed by atoms with Gasteiger partial charge in [0.1, 0.15) is 11.3 Å². The highest BCUT2D eigenvalue weighted by atomic mass is 16.3. The topological polar surface area (TPSA) is 61.8 Å². The molecule has 102 valence electrons. The fraction of sp³-hybridized carbons (Fsp3) is 0.0588. The molecule has 0 saturated carbocycles. The van der Waals surface area contributed by atoms with Gasteiger partial charge in [-0.25, -0.2) is 4.98 Å². The molecule has 0 amide bonds. The molecule has 2 aromatic heterocycles. The lowest BCUT2D eigenvalue weighted by atomic mass is 10.0. The summed E-state index contributed by atoms with van der Waals surface area (Å²) in [6.07, 6.45) is 0. The van der Waals surface area contributed by atoms with Crippen LogP contribution in [0.1, 0.15) is 5.69 Å². The molecule has 2 heterocycles.